The lowest BCUT2D eigenvalue weighted by Crippen LogP contribution is -2.37. The molecule has 2 aliphatic heterocycles. The molecular formula is C25H31N3O5. The molecule has 1 saturated heterocycles. The summed E-state index contributed by atoms with van der Waals surface area (Å²) < 4.78 is 18.1. The second kappa shape index (κ2) is 10.2. The Morgan fingerprint density at radius 2 is 2.00 bits per heavy atom. The van der Waals surface area contributed by atoms with E-state index in [1.807, 2.05) is 37.3 Å². The summed E-state index contributed by atoms with van der Waals surface area (Å²) in [6.45, 7) is 9.13. The van der Waals surface area contributed by atoms with Gasteiger partial charge in [-0.3, -0.25) is 9.69 Å². The maximum Gasteiger partial charge on any atom is 0.339 e. The number of methoxy groups -OCH3 is 1. The number of hydrogen-bond acceptors (Lipinski definition) is 6. The van der Waals surface area contributed by atoms with Crippen LogP contribution in [-0.4, -0.2) is 67.9 Å². The molecule has 0 unspecified atom stereocenters. The third kappa shape index (κ3) is 4.96. The van der Waals surface area contributed by atoms with Crippen LogP contribution in [0, 0.1) is 6.92 Å². The number of nitrogens with zero attached hydrogens (tertiary/aromatic N) is 2. The van der Waals surface area contributed by atoms with Gasteiger partial charge in [-0.1, -0.05) is 0 Å². The summed E-state index contributed by atoms with van der Waals surface area (Å²) in [7, 11) is 1.60. The molecule has 1 N–H and O–H groups in total. The monoisotopic (exact) mass is 453 g/mol. The minimum absolute atomic E-state index is 0.172. The number of hydrogen-bond donors (Lipinski definition) is 1. The first-order valence-electron chi connectivity index (χ1n) is 11.4. The SMILES string of the molecule is CCOC(=O)c1cc(C=C2C(=O)Nc3ccc(OC)cc32)n(CCCN2CCOCC2)c1C. The van der Waals surface area contributed by atoms with Crippen molar-refractivity contribution in [2.75, 3.05) is 51.9 Å². The van der Waals surface area contributed by atoms with E-state index in [-0.39, 0.29) is 11.9 Å². The number of nitrogens with one attached hydrogen (secondary N) is 1. The van der Waals surface area contributed by atoms with Crippen LogP contribution in [0.1, 0.15) is 40.7 Å². The zero-order valence-corrected chi connectivity index (χ0v) is 19.5. The highest BCUT2D eigenvalue weighted by Gasteiger charge is 2.26. The van der Waals surface area contributed by atoms with E-state index in [9.17, 15) is 9.59 Å². The molecule has 1 fully saturated rings. The standard InChI is InChI=1S/C25H31N3O5/c1-4-33-25(30)20-14-18(28(17(20)2)9-5-8-27-10-12-32-13-11-27)15-22-21-16-19(31-3)6-7-23(21)26-24(22)29/h6-7,14-16H,4-5,8-13H2,1-3H3,(H,26,29). The van der Waals surface area contributed by atoms with Gasteiger partial charge in [0.05, 0.1) is 38.1 Å². The first-order chi connectivity index (χ1) is 16.0. The largest absolute Gasteiger partial charge is 0.497 e. The van der Waals surface area contributed by atoms with Crippen LogP contribution < -0.4 is 10.1 Å². The van der Waals surface area contributed by atoms with Gasteiger partial charge >= 0.3 is 5.97 Å². The molecule has 0 bridgehead atoms. The Morgan fingerprint density at radius 3 is 2.73 bits per heavy atom. The lowest BCUT2D eigenvalue weighted by Gasteiger charge is -2.26. The normalized spacial score (nSPS) is 17.2. The molecule has 176 valence electrons. The number of rotatable bonds is 8. The average molecular weight is 454 g/mol. The van der Waals surface area contributed by atoms with Crippen molar-refractivity contribution in [2.45, 2.75) is 26.8 Å². The highest BCUT2D eigenvalue weighted by Crippen LogP contribution is 2.36. The van der Waals surface area contributed by atoms with E-state index >= 15 is 0 Å². The maximum absolute atomic E-state index is 12.8. The number of ether oxygens (including phenoxy) is 3. The molecule has 0 atom stereocenters. The first-order valence-corrected chi connectivity index (χ1v) is 11.4. The number of fused-ring (bicyclic) bond motifs is 1. The lowest BCUT2D eigenvalue weighted by atomic mass is 10.1. The number of carbonyl (C=O) groups excluding carboxylic acids is 2. The Bertz CT molecular complexity index is 1070. The van der Waals surface area contributed by atoms with Crippen molar-refractivity contribution in [2.24, 2.45) is 0 Å². The van der Waals surface area contributed by atoms with Gasteiger partial charge in [0.25, 0.3) is 5.91 Å². The molecule has 0 spiro atoms. The third-order valence-electron chi connectivity index (χ3n) is 6.16. The minimum Gasteiger partial charge on any atom is -0.497 e. The smallest absolute Gasteiger partial charge is 0.339 e. The van der Waals surface area contributed by atoms with Gasteiger partial charge in [-0.25, -0.2) is 4.79 Å². The number of amides is 1. The van der Waals surface area contributed by atoms with Crippen molar-refractivity contribution in [3.63, 3.8) is 0 Å². The Hall–Kier alpha value is -3.10. The van der Waals surface area contributed by atoms with Gasteiger partial charge in [0, 0.05) is 48.8 Å². The number of morpholine rings is 1. The fourth-order valence-corrected chi connectivity index (χ4v) is 4.36. The molecule has 4 rings (SSSR count). The molecule has 0 saturated carbocycles. The van der Waals surface area contributed by atoms with E-state index in [1.165, 1.54) is 0 Å². The number of aromatic nitrogens is 1. The van der Waals surface area contributed by atoms with Crippen molar-refractivity contribution in [3.05, 3.63) is 46.8 Å². The van der Waals surface area contributed by atoms with Gasteiger partial charge in [-0.2, -0.15) is 0 Å². The van der Waals surface area contributed by atoms with Gasteiger partial charge in [-0.05, 0) is 50.6 Å². The van der Waals surface area contributed by atoms with Crippen LogP contribution in [0.25, 0.3) is 11.6 Å². The van der Waals surface area contributed by atoms with Crippen LogP contribution in [0.2, 0.25) is 0 Å². The van der Waals surface area contributed by atoms with Crippen molar-refractivity contribution in [3.8, 4) is 5.75 Å². The van der Waals surface area contributed by atoms with Crippen LogP contribution in [0.15, 0.2) is 24.3 Å². The van der Waals surface area contributed by atoms with Crippen LogP contribution in [0.5, 0.6) is 5.75 Å². The van der Waals surface area contributed by atoms with Crippen LogP contribution >= 0.6 is 0 Å². The average Bonchev–Trinajstić information content (AvgIpc) is 3.30. The van der Waals surface area contributed by atoms with E-state index in [0.717, 1.165) is 68.5 Å². The molecule has 1 aromatic carbocycles. The molecule has 3 heterocycles. The summed E-state index contributed by atoms with van der Waals surface area (Å²) in [5.74, 6) is 0.162. The minimum atomic E-state index is -0.348. The van der Waals surface area contributed by atoms with Gasteiger partial charge < -0.3 is 24.1 Å². The summed E-state index contributed by atoms with van der Waals surface area (Å²) in [6.07, 6.45) is 2.77. The topological polar surface area (TPSA) is 82.0 Å². The van der Waals surface area contributed by atoms with Gasteiger partial charge in [0.15, 0.2) is 0 Å². The number of benzene rings is 1. The Kier molecular flexibility index (Phi) is 7.15. The lowest BCUT2D eigenvalue weighted by molar-refractivity contribution is -0.110. The van der Waals surface area contributed by atoms with Crippen LogP contribution in [-0.2, 0) is 20.8 Å². The van der Waals surface area contributed by atoms with E-state index in [0.29, 0.717) is 23.5 Å². The van der Waals surface area contributed by atoms with Crippen LogP contribution in [0.3, 0.4) is 0 Å². The fraction of sp³-hybridized carbons (Fsp3) is 0.440. The fourth-order valence-electron chi connectivity index (χ4n) is 4.36. The van der Waals surface area contributed by atoms with Gasteiger partial charge in [0.2, 0.25) is 0 Å². The second-order valence-electron chi connectivity index (χ2n) is 8.17. The summed E-state index contributed by atoms with van der Waals surface area (Å²) in [5, 5.41) is 2.91. The highest BCUT2D eigenvalue weighted by atomic mass is 16.5. The first kappa shape index (κ1) is 23.1. The molecular weight excluding hydrogens is 422 g/mol. The zero-order chi connectivity index (χ0) is 23.4. The predicted molar refractivity (Wildman–Crippen MR) is 126 cm³/mol. The van der Waals surface area contributed by atoms with E-state index in [4.69, 9.17) is 14.2 Å². The highest BCUT2D eigenvalue weighted by molar-refractivity contribution is 6.35. The second-order valence-corrected chi connectivity index (χ2v) is 8.17. The maximum atomic E-state index is 12.8. The van der Waals surface area contributed by atoms with Crippen molar-refractivity contribution >= 4 is 29.2 Å². The van der Waals surface area contributed by atoms with Gasteiger partial charge in [0.1, 0.15) is 5.75 Å². The molecule has 8 nitrogen and oxygen atoms in total. The number of esters is 1. The van der Waals surface area contributed by atoms with Gasteiger partial charge in [-0.15, -0.1) is 0 Å². The summed E-state index contributed by atoms with van der Waals surface area (Å²) >= 11 is 0. The van der Waals surface area contributed by atoms with Crippen molar-refractivity contribution in [1.82, 2.24) is 9.47 Å². The molecule has 1 amide bonds. The molecule has 0 radical (unpaired) electrons. The Morgan fingerprint density at radius 1 is 1.21 bits per heavy atom. The molecule has 1 aromatic heterocycles. The third-order valence-corrected chi connectivity index (χ3v) is 6.16. The van der Waals surface area contributed by atoms with E-state index in [1.54, 1.807) is 14.0 Å². The van der Waals surface area contributed by atoms with Crippen molar-refractivity contribution < 1.29 is 23.8 Å². The van der Waals surface area contributed by atoms with E-state index in [2.05, 4.69) is 14.8 Å². The molecule has 0 aliphatic carbocycles. The molecule has 8 heteroatoms. The number of anilines is 1. The molecule has 2 aromatic rings. The predicted octanol–water partition coefficient (Wildman–Crippen LogP) is 3.20. The summed E-state index contributed by atoms with van der Waals surface area (Å²) in [5.41, 5.74) is 4.26. The van der Waals surface area contributed by atoms with E-state index < -0.39 is 0 Å². The Balaban J connectivity index is 1.65. The Labute approximate surface area is 194 Å². The van der Waals surface area contributed by atoms with Crippen LogP contribution in [0.4, 0.5) is 5.69 Å². The molecule has 33 heavy (non-hydrogen) atoms. The van der Waals surface area contributed by atoms with Crippen molar-refractivity contribution in [1.29, 1.82) is 0 Å². The summed E-state index contributed by atoms with van der Waals surface area (Å²) in [6, 6.07) is 7.33. The quantitative estimate of drug-likeness (QED) is 0.488. The molecule has 2 aliphatic rings. The summed E-state index contributed by atoms with van der Waals surface area (Å²) in [4.78, 5) is 27.7. The number of carbonyl (C=O) groups is 2. The zero-order valence-electron chi connectivity index (χ0n) is 19.5.